The number of aliphatic hydroxyl groups excluding tert-OH is 4. The average molecular weight is 725 g/mol. The molecular formula is C43H80O8. The van der Waals surface area contributed by atoms with Crippen molar-refractivity contribution in [3.05, 3.63) is 12.2 Å². The maximum absolute atomic E-state index is 12.1. The molecule has 0 unspecified atom stereocenters. The Bertz CT molecular complexity index is 848. The van der Waals surface area contributed by atoms with Crippen LogP contribution in [0.1, 0.15) is 200 Å². The van der Waals surface area contributed by atoms with Gasteiger partial charge >= 0.3 is 11.9 Å². The minimum Gasteiger partial charge on any atom is -0.463 e. The van der Waals surface area contributed by atoms with E-state index in [0.717, 1.165) is 70.6 Å². The van der Waals surface area contributed by atoms with Gasteiger partial charge in [-0.15, -0.1) is 0 Å². The van der Waals surface area contributed by atoms with Gasteiger partial charge in [0.2, 0.25) is 0 Å². The van der Waals surface area contributed by atoms with Crippen LogP contribution in [0.4, 0.5) is 0 Å². The second kappa shape index (κ2) is 33.1. The molecule has 0 aliphatic heterocycles. The summed E-state index contributed by atoms with van der Waals surface area (Å²) < 4.78 is 10.3. The van der Waals surface area contributed by atoms with Gasteiger partial charge in [-0.1, -0.05) is 167 Å². The van der Waals surface area contributed by atoms with Crippen LogP contribution in [0.2, 0.25) is 0 Å². The molecule has 51 heavy (non-hydrogen) atoms. The number of hydrogen-bond acceptors (Lipinski definition) is 8. The van der Waals surface area contributed by atoms with Crippen molar-refractivity contribution < 1.29 is 39.5 Å². The fraction of sp³-hybridized carbons (Fsp3) is 0.907. The first-order valence-corrected chi connectivity index (χ1v) is 21.5. The SMILES string of the molecule is CCCCCCCCCCCCCCCCCCCC(=O)OC[C@@H](O)COC(=O)CCCCCC[C@@H]1[C@@H](/C=C/[C@@H](O)CCCCC)[C@H](O)C[C@@H]1O. The van der Waals surface area contributed by atoms with Crippen molar-refractivity contribution in [2.24, 2.45) is 11.8 Å². The van der Waals surface area contributed by atoms with Crippen LogP contribution < -0.4 is 0 Å². The Labute approximate surface area is 312 Å². The summed E-state index contributed by atoms with van der Waals surface area (Å²) in [5.74, 6) is -0.868. The molecule has 300 valence electrons. The quantitative estimate of drug-likeness (QED) is 0.0289. The van der Waals surface area contributed by atoms with E-state index in [4.69, 9.17) is 9.47 Å². The summed E-state index contributed by atoms with van der Waals surface area (Å²) in [6.45, 7) is 4.05. The van der Waals surface area contributed by atoms with Crippen molar-refractivity contribution in [1.82, 2.24) is 0 Å². The van der Waals surface area contributed by atoms with Crippen molar-refractivity contribution in [2.45, 2.75) is 224 Å². The largest absolute Gasteiger partial charge is 0.463 e. The van der Waals surface area contributed by atoms with E-state index < -0.39 is 24.4 Å². The van der Waals surface area contributed by atoms with Crippen LogP contribution in [0.25, 0.3) is 0 Å². The van der Waals surface area contributed by atoms with E-state index in [2.05, 4.69) is 13.8 Å². The first-order chi connectivity index (χ1) is 24.8. The van der Waals surface area contributed by atoms with Crippen molar-refractivity contribution in [2.75, 3.05) is 13.2 Å². The van der Waals surface area contributed by atoms with Gasteiger partial charge in [-0.25, -0.2) is 0 Å². The molecule has 0 spiro atoms. The second-order valence-corrected chi connectivity index (χ2v) is 15.4. The Morgan fingerprint density at radius 2 is 1.00 bits per heavy atom. The third-order valence-electron chi connectivity index (χ3n) is 10.6. The standard InChI is InChI=1S/C43H80O8/c1-3-5-7-8-9-10-11-12-13-14-15-16-17-18-19-20-25-29-42(48)50-34-37(45)35-51-43(49)30-26-22-21-24-28-38-39(41(47)33-40(38)46)32-31-36(44)27-23-6-4-2/h31-32,36-41,44-47H,3-30,33-35H2,1-2H3/b32-31+/t36-,37+,38+,39+,40-,41+/m0/s1. The summed E-state index contributed by atoms with van der Waals surface area (Å²) in [5, 5.41) is 41.2. The number of carbonyl (C=O) groups excluding carboxylic acids is 2. The molecule has 6 atom stereocenters. The van der Waals surface area contributed by atoms with E-state index in [1.165, 1.54) is 89.9 Å². The monoisotopic (exact) mass is 725 g/mol. The number of esters is 2. The molecule has 0 aromatic rings. The highest BCUT2D eigenvalue weighted by Crippen LogP contribution is 2.37. The summed E-state index contributed by atoms with van der Waals surface area (Å²) in [6.07, 6.45) is 32.0. The molecule has 0 amide bonds. The third kappa shape index (κ3) is 26.9. The lowest BCUT2D eigenvalue weighted by Gasteiger charge is -2.21. The molecule has 1 fully saturated rings. The van der Waals surface area contributed by atoms with Crippen molar-refractivity contribution in [3.8, 4) is 0 Å². The third-order valence-corrected chi connectivity index (χ3v) is 10.6. The van der Waals surface area contributed by atoms with E-state index in [0.29, 0.717) is 19.3 Å². The lowest BCUT2D eigenvalue weighted by atomic mass is 9.88. The maximum atomic E-state index is 12.1. The minimum atomic E-state index is -1.03. The molecule has 1 rings (SSSR count). The van der Waals surface area contributed by atoms with Gasteiger partial charge < -0.3 is 29.9 Å². The highest BCUT2D eigenvalue weighted by Gasteiger charge is 2.39. The molecule has 1 aliphatic rings. The van der Waals surface area contributed by atoms with Gasteiger partial charge in [0.25, 0.3) is 0 Å². The van der Waals surface area contributed by atoms with Crippen LogP contribution in [-0.2, 0) is 19.1 Å². The van der Waals surface area contributed by atoms with Gasteiger partial charge in [0.1, 0.15) is 19.3 Å². The van der Waals surface area contributed by atoms with Gasteiger partial charge in [-0.3, -0.25) is 9.59 Å². The Hall–Kier alpha value is -1.48. The van der Waals surface area contributed by atoms with Gasteiger partial charge in [-0.05, 0) is 31.6 Å². The Morgan fingerprint density at radius 3 is 1.47 bits per heavy atom. The smallest absolute Gasteiger partial charge is 0.305 e. The normalized spacial score (nSPS) is 20.2. The summed E-state index contributed by atoms with van der Waals surface area (Å²) in [6, 6.07) is 0. The van der Waals surface area contributed by atoms with Gasteiger partial charge in [0.15, 0.2) is 0 Å². The molecule has 8 heteroatoms. The molecule has 0 saturated heterocycles. The Balaban J connectivity index is 1.97. The average Bonchev–Trinajstić information content (AvgIpc) is 3.39. The van der Waals surface area contributed by atoms with Crippen molar-refractivity contribution in [3.63, 3.8) is 0 Å². The molecule has 0 heterocycles. The van der Waals surface area contributed by atoms with E-state index in [1.54, 1.807) is 6.08 Å². The van der Waals surface area contributed by atoms with Crippen LogP contribution in [0.15, 0.2) is 12.2 Å². The first-order valence-electron chi connectivity index (χ1n) is 21.5. The zero-order chi connectivity index (χ0) is 37.4. The Kier molecular flexibility index (Phi) is 30.9. The van der Waals surface area contributed by atoms with Crippen LogP contribution in [0, 0.1) is 11.8 Å². The fourth-order valence-electron chi connectivity index (χ4n) is 7.30. The predicted molar refractivity (Wildman–Crippen MR) is 207 cm³/mol. The van der Waals surface area contributed by atoms with Crippen LogP contribution in [0.5, 0.6) is 0 Å². The lowest BCUT2D eigenvalue weighted by Crippen LogP contribution is -2.25. The van der Waals surface area contributed by atoms with Crippen LogP contribution in [0.3, 0.4) is 0 Å². The highest BCUT2D eigenvalue weighted by atomic mass is 16.6. The molecule has 0 radical (unpaired) electrons. The topological polar surface area (TPSA) is 134 Å². The Morgan fingerprint density at radius 1 is 0.588 bits per heavy atom. The molecule has 1 saturated carbocycles. The molecule has 4 N–H and O–H groups in total. The zero-order valence-electron chi connectivity index (χ0n) is 33.0. The van der Waals surface area contributed by atoms with E-state index in [1.807, 2.05) is 6.08 Å². The maximum Gasteiger partial charge on any atom is 0.305 e. The number of carbonyl (C=O) groups is 2. The van der Waals surface area contributed by atoms with Gasteiger partial charge in [0.05, 0.1) is 18.3 Å². The lowest BCUT2D eigenvalue weighted by molar-refractivity contribution is -0.152. The summed E-state index contributed by atoms with van der Waals surface area (Å²) in [4.78, 5) is 24.1. The van der Waals surface area contributed by atoms with Crippen molar-refractivity contribution in [1.29, 1.82) is 0 Å². The molecule has 0 bridgehead atoms. The van der Waals surface area contributed by atoms with Gasteiger partial charge in [-0.2, -0.15) is 0 Å². The second-order valence-electron chi connectivity index (χ2n) is 15.4. The van der Waals surface area contributed by atoms with E-state index in [9.17, 15) is 30.0 Å². The van der Waals surface area contributed by atoms with E-state index >= 15 is 0 Å². The molecule has 0 aromatic carbocycles. The molecule has 0 aromatic heterocycles. The predicted octanol–water partition coefficient (Wildman–Crippen LogP) is 9.67. The number of unbranched alkanes of at least 4 members (excludes halogenated alkanes) is 21. The van der Waals surface area contributed by atoms with Crippen LogP contribution >= 0.6 is 0 Å². The first kappa shape index (κ1) is 47.5. The molecular weight excluding hydrogens is 644 g/mol. The summed E-state index contributed by atoms with van der Waals surface area (Å²) >= 11 is 0. The fourth-order valence-corrected chi connectivity index (χ4v) is 7.30. The van der Waals surface area contributed by atoms with Crippen LogP contribution in [-0.4, -0.2) is 70.0 Å². The highest BCUT2D eigenvalue weighted by molar-refractivity contribution is 5.69. The number of rotatable bonds is 35. The number of ether oxygens (including phenoxy) is 2. The zero-order valence-corrected chi connectivity index (χ0v) is 33.0. The molecule has 1 aliphatic carbocycles. The number of aliphatic hydroxyl groups is 4. The minimum absolute atomic E-state index is 0.0292. The van der Waals surface area contributed by atoms with Gasteiger partial charge in [0, 0.05) is 25.2 Å². The number of hydrogen-bond donors (Lipinski definition) is 4. The molecule has 8 nitrogen and oxygen atoms in total. The van der Waals surface area contributed by atoms with E-state index in [-0.39, 0.29) is 43.4 Å². The van der Waals surface area contributed by atoms with Crippen molar-refractivity contribution >= 4 is 11.9 Å². The summed E-state index contributed by atoms with van der Waals surface area (Å²) in [5.41, 5.74) is 0. The summed E-state index contributed by atoms with van der Waals surface area (Å²) in [7, 11) is 0.